The highest BCUT2D eigenvalue weighted by atomic mass is 127. The predicted octanol–water partition coefficient (Wildman–Crippen LogP) is 1.60. The maximum atomic E-state index is 10.1. The molecular weight excluding hydrogens is 285 g/mol. The molecule has 0 spiro atoms. The van der Waals surface area contributed by atoms with Gasteiger partial charge in [-0.25, -0.2) is 0 Å². The van der Waals surface area contributed by atoms with E-state index in [0.717, 1.165) is 3.57 Å². The van der Waals surface area contributed by atoms with Crippen LogP contribution in [0.25, 0.3) is 0 Å². The Morgan fingerprint density at radius 3 is 2.69 bits per heavy atom. The van der Waals surface area contributed by atoms with Crippen LogP contribution in [0.4, 0.5) is 0 Å². The second-order valence-electron chi connectivity index (χ2n) is 2.55. The van der Waals surface area contributed by atoms with Gasteiger partial charge in [0.05, 0.1) is 0 Å². The molecule has 0 amide bonds. The van der Waals surface area contributed by atoms with Crippen LogP contribution in [-0.4, -0.2) is 16.6 Å². The smallest absolute Gasteiger partial charge is 0.233 e. The number of aliphatic hydroxyl groups excluding tert-OH is 1. The van der Waals surface area contributed by atoms with E-state index in [0.29, 0.717) is 5.56 Å². The van der Waals surface area contributed by atoms with Crippen LogP contribution in [0.15, 0.2) is 24.3 Å². The number of hydrogen-bond donors (Lipinski definition) is 1. The van der Waals surface area contributed by atoms with Crippen molar-refractivity contribution in [2.24, 2.45) is 0 Å². The largest absolute Gasteiger partial charge is 0.381 e. The summed E-state index contributed by atoms with van der Waals surface area (Å²) in [7, 11) is 0. The maximum absolute atomic E-state index is 10.1. The van der Waals surface area contributed by atoms with Gasteiger partial charge in [-0.3, -0.25) is 10.1 Å². The number of rotatable bonds is 3. The molecule has 0 saturated heterocycles. The van der Waals surface area contributed by atoms with E-state index in [-0.39, 0.29) is 0 Å². The van der Waals surface area contributed by atoms with Crippen LogP contribution in [0.2, 0.25) is 0 Å². The summed E-state index contributed by atoms with van der Waals surface area (Å²) in [5, 5.41) is 19.6. The van der Waals surface area contributed by atoms with Gasteiger partial charge < -0.3 is 5.11 Å². The van der Waals surface area contributed by atoms with Gasteiger partial charge in [0.25, 0.3) is 0 Å². The second-order valence-corrected chi connectivity index (χ2v) is 3.71. The van der Waals surface area contributed by atoms with Crippen LogP contribution < -0.4 is 0 Å². The zero-order valence-electron chi connectivity index (χ0n) is 6.68. The van der Waals surface area contributed by atoms with Crippen LogP contribution in [0, 0.1) is 13.7 Å². The molecule has 1 rings (SSSR count). The molecule has 0 heterocycles. The quantitative estimate of drug-likeness (QED) is 0.523. The van der Waals surface area contributed by atoms with Crippen molar-refractivity contribution in [3.63, 3.8) is 0 Å². The van der Waals surface area contributed by atoms with Crippen LogP contribution in [-0.2, 0) is 0 Å². The van der Waals surface area contributed by atoms with E-state index < -0.39 is 17.6 Å². The Morgan fingerprint density at radius 2 is 2.15 bits per heavy atom. The summed E-state index contributed by atoms with van der Waals surface area (Å²) in [5.74, 6) is 0. The van der Waals surface area contributed by atoms with Gasteiger partial charge in [0.1, 0.15) is 6.10 Å². The highest BCUT2D eigenvalue weighted by Gasteiger charge is 2.15. The minimum atomic E-state index is -1.01. The number of nitrogens with zero attached hydrogens (tertiary/aromatic N) is 1. The highest BCUT2D eigenvalue weighted by Crippen LogP contribution is 2.19. The van der Waals surface area contributed by atoms with Crippen molar-refractivity contribution in [3.8, 4) is 0 Å². The Bertz CT molecular complexity index is 316. The fourth-order valence-electron chi connectivity index (χ4n) is 0.985. The first-order valence-corrected chi connectivity index (χ1v) is 4.73. The first kappa shape index (κ1) is 10.4. The van der Waals surface area contributed by atoms with Gasteiger partial charge in [0, 0.05) is 14.1 Å². The molecule has 5 heteroatoms. The SMILES string of the molecule is O=[N+]([O-])C[C@@H](O)c1ccccc1I. The van der Waals surface area contributed by atoms with E-state index in [9.17, 15) is 15.2 Å². The van der Waals surface area contributed by atoms with Gasteiger partial charge in [-0.1, -0.05) is 18.2 Å². The lowest BCUT2D eigenvalue weighted by molar-refractivity contribution is -0.491. The van der Waals surface area contributed by atoms with E-state index >= 15 is 0 Å². The minimum absolute atomic E-state index is 0.444. The topological polar surface area (TPSA) is 63.4 Å². The molecule has 0 radical (unpaired) electrons. The van der Waals surface area contributed by atoms with Crippen molar-refractivity contribution in [3.05, 3.63) is 43.5 Å². The fraction of sp³-hybridized carbons (Fsp3) is 0.250. The van der Waals surface area contributed by atoms with Crippen molar-refractivity contribution in [2.75, 3.05) is 6.54 Å². The number of benzene rings is 1. The standard InChI is InChI=1S/C8H8INO3/c9-7-4-2-1-3-6(7)8(11)5-10(12)13/h1-4,8,11H,5H2/t8-/m1/s1. The molecule has 1 aromatic carbocycles. The van der Waals surface area contributed by atoms with Gasteiger partial charge in [-0.2, -0.15) is 0 Å². The molecule has 4 nitrogen and oxygen atoms in total. The number of hydrogen-bond acceptors (Lipinski definition) is 3. The van der Waals surface area contributed by atoms with E-state index in [2.05, 4.69) is 0 Å². The maximum Gasteiger partial charge on any atom is 0.233 e. The van der Waals surface area contributed by atoms with Crippen molar-refractivity contribution >= 4 is 22.6 Å². The number of halogens is 1. The fourth-order valence-corrected chi connectivity index (χ4v) is 1.73. The summed E-state index contributed by atoms with van der Waals surface area (Å²) in [4.78, 5) is 9.62. The molecule has 1 atom stereocenters. The second kappa shape index (κ2) is 4.52. The lowest BCUT2D eigenvalue weighted by atomic mass is 10.1. The van der Waals surface area contributed by atoms with Crippen molar-refractivity contribution < 1.29 is 10.0 Å². The molecule has 0 fully saturated rings. The molecule has 0 unspecified atom stereocenters. The van der Waals surface area contributed by atoms with Crippen LogP contribution in [0.1, 0.15) is 11.7 Å². The molecule has 70 valence electrons. The first-order chi connectivity index (χ1) is 6.11. The van der Waals surface area contributed by atoms with Gasteiger partial charge in [-0.15, -0.1) is 0 Å². The lowest BCUT2D eigenvalue weighted by Gasteiger charge is -2.07. The van der Waals surface area contributed by atoms with Crippen LogP contribution in [0.5, 0.6) is 0 Å². The van der Waals surface area contributed by atoms with Crippen LogP contribution in [0.3, 0.4) is 0 Å². The number of aliphatic hydroxyl groups is 1. The summed E-state index contributed by atoms with van der Waals surface area (Å²) in [6, 6.07) is 7.07. The summed E-state index contributed by atoms with van der Waals surface area (Å²) < 4.78 is 0.842. The monoisotopic (exact) mass is 293 g/mol. The molecule has 13 heavy (non-hydrogen) atoms. The molecule has 0 aliphatic rings. The van der Waals surface area contributed by atoms with Gasteiger partial charge in [0.2, 0.25) is 6.54 Å². The molecular formula is C8H8INO3. The summed E-state index contributed by atoms with van der Waals surface area (Å²) in [6.07, 6.45) is -1.01. The molecule has 0 saturated carbocycles. The Morgan fingerprint density at radius 1 is 1.54 bits per heavy atom. The molecule has 0 aliphatic carbocycles. The normalized spacial score (nSPS) is 12.5. The highest BCUT2D eigenvalue weighted by molar-refractivity contribution is 14.1. The average Bonchev–Trinajstić information content (AvgIpc) is 2.03. The number of nitro groups is 1. The zero-order chi connectivity index (χ0) is 9.84. The van der Waals surface area contributed by atoms with Crippen LogP contribution >= 0.6 is 22.6 Å². The molecule has 1 aromatic rings. The van der Waals surface area contributed by atoms with Gasteiger partial charge >= 0.3 is 0 Å². The van der Waals surface area contributed by atoms with Gasteiger partial charge in [-0.05, 0) is 28.7 Å². The van der Waals surface area contributed by atoms with E-state index in [1.54, 1.807) is 18.2 Å². The Kier molecular flexibility index (Phi) is 3.61. The average molecular weight is 293 g/mol. The zero-order valence-corrected chi connectivity index (χ0v) is 8.84. The molecule has 0 aliphatic heterocycles. The Balaban J connectivity index is 2.82. The molecule has 0 aromatic heterocycles. The summed E-state index contributed by atoms with van der Waals surface area (Å²) in [5.41, 5.74) is 0.611. The van der Waals surface area contributed by atoms with Crippen molar-refractivity contribution in [1.82, 2.24) is 0 Å². The van der Waals surface area contributed by atoms with Crippen molar-refractivity contribution in [2.45, 2.75) is 6.10 Å². The predicted molar refractivity (Wildman–Crippen MR) is 56.0 cm³/mol. The molecule has 0 bridgehead atoms. The Labute approximate surface area is 88.9 Å². The van der Waals surface area contributed by atoms with E-state index in [1.165, 1.54) is 0 Å². The minimum Gasteiger partial charge on any atom is -0.381 e. The third-order valence-corrected chi connectivity index (χ3v) is 2.57. The lowest BCUT2D eigenvalue weighted by Crippen LogP contribution is -2.12. The van der Waals surface area contributed by atoms with E-state index in [1.807, 2.05) is 28.7 Å². The Hall–Kier alpha value is -0.690. The summed E-state index contributed by atoms with van der Waals surface area (Å²) >= 11 is 2.04. The first-order valence-electron chi connectivity index (χ1n) is 3.65. The summed E-state index contributed by atoms with van der Waals surface area (Å²) in [6.45, 7) is -0.444. The van der Waals surface area contributed by atoms with Crippen molar-refractivity contribution in [1.29, 1.82) is 0 Å². The molecule has 1 N–H and O–H groups in total. The van der Waals surface area contributed by atoms with Gasteiger partial charge in [0.15, 0.2) is 0 Å². The third kappa shape index (κ3) is 2.92. The third-order valence-electron chi connectivity index (χ3n) is 1.59. The van der Waals surface area contributed by atoms with E-state index in [4.69, 9.17) is 0 Å².